The summed E-state index contributed by atoms with van der Waals surface area (Å²) >= 11 is 0. The van der Waals surface area contributed by atoms with Gasteiger partial charge in [-0.15, -0.1) is 0 Å². The van der Waals surface area contributed by atoms with E-state index in [1.54, 1.807) is 48.5 Å². The Balaban J connectivity index is 0. The van der Waals surface area contributed by atoms with Gasteiger partial charge in [0.1, 0.15) is 0 Å². The van der Waals surface area contributed by atoms with E-state index in [2.05, 4.69) is 0 Å². The van der Waals surface area contributed by atoms with Crippen molar-refractivity contribution in [1.82, 2.24) is 0 Å². The van der Waals surface area contributed by atoms with Crippen LogP contribution in [0, 0.1) is 0 Å². The van der Waals surface area contributed by atoms with E-state index in [9.17, 15) is 9.59 Å². The largest absolute Gasteiger partial charge is 2.00 e. The zero-order valence-corrected chi connectivity index (χ0v) is 11.4. The molecule has 0 atom stereocenters. The Bertz CT molecular complexity index is 481. The predicted octanol–water partition coefficient (Wildman–Crippen LogP) is 2.99. The van der Waals surface area contributed by atoms with Crippen LogP contribution in [0.3, 0.4) is 0 Å². The molecular weight excluding hydrogens is 236 g/mol. The average molecular weight is 251 g/mol. The molecule has 2 aromatic carbocycles. The summed E-state index contributed by atoms with van der Waals surface area (Å²) in [6, 6.07) is 17.7. The molecule has 0 amide bonds. The Morgan fingerprint density at radius 3 is 1.39 bits per heavy atom. The third kappa shape index (κ3) is 3.79. The van der Waals surface area contributed by atoms with Crippen molar-refractivity contribution in [2.24, 2.45) is 0 Å². The van der Waals surface area contributed by atoms with Gasteiger partial charge in [0.2, 0.25) is 0 Å². The van der Waals surface area contributed by atoms with Crippen molar-refractivity contribution in [2.45, 2.75) is 6.42 Å². The van der Waals surface area contributed by atoms with Crippen molar-refractivity contribution < 1.29 is 12.4 Å². The zero-order chi connectivity index (χ0) is 12.1. The fraction of sp³-hybridized carbons (Fsp3) is 0.0667. The monoisotopic (exact) mass is 250 g/mol. The minimum absolute atomic E-state index is 0. The van der Waals surface area contributed by atoms with Gasteiger partial charge in [-0.2, -0.15) is 0 Å². The molecule has 0 heterocycles. The molecule has 0 aliphatic heterocycles. The fourth-order valence-electron chi connectivity index (χ4n) is 1.60. The summed E-state index contributed by atoms with van der Waals surface area (Å²) in [5.41, 5.74) is 1.16. The van der Waals surface area contributed by atoms with E-state index >= 15 is 0 Å². The molecule has 0 aromatic heterocycles. The van der Waals surface area contributed by atoms with Crippen LogP contribution in [0.25, 0.3) is 0 Å². The molecular formula is C15H14MgO2. The Hall–Kier alpha value is -1.45. The molecule has 0 fully saturated rings. The van der Waals surface area contributed by atoms with Crippen LogP contribution >= 0.6 is 0 Å². The number of carbonyl (C=O) groups excluding carboxylic acids is 2. The molecule has 2 rings (SSSR count). The van der Waals surface area contributed by atoms with Crippen molar-refractivity contribution in [3.63, 3.8) is 0 Å². The Morgan fingerprint density at radius 1 is 0.722 bits per heavy atom. The second kappa shape index (κ2) is 7.09. The van der Waals surface area contributed by atoms with E-state index in [0.29, 0.717) is 11.1 Å². The quantitative estimate of drug-likeness (QED) is 0.475. The number of rotatable bonds is 4. The summed E-state index contributed by atoms with van der Waals surface area (Å²) in [6.07, 6.45) is -0.0754. The number of hydrogen-bond donors (Lipinski definition) is 0. The Morgan fingerprint density at radius 2 is 1.06 bits per heavy atom. The summed E-state index contributed by atoms with van der Waals surface area (Å²) < 4.78 is 0. The predicted molar refractivity (Wildman–Crippen MR) is 74.1 cm³/mol. The van der Waals surface area contributed by atoms with Crippen LogP contribution in [0.4, 0.5) is 0 Å². The van der Waals surface area contributed by atoms with Crippen molar-refractivity contribution in [1.29, 1.82) is 0 Å². The molecule has 0 aliphatic carbocycles. The van der Waals surface area contributed by atoms with E-state index in [1.165, 1.54) is 0 Å². The van der Waals surface area contributed by atoms with Gasteiger partial charge >= 0.3 is 23.1 Å². The van der Waals surface area contributed by atoms with Crippen molar-refractivity contribution >= 4 is 34.6 Å². The Kier molecular flexibility index (Phi) is 5.75. The molecule has 0 bridgehead atoms. The van der Waals surface area contributed by atoms with Crippen molar-refractivity contribution in [2.75, 3.05) is 0 Å². The first kappa shape index (κ1) is 14.6. The van der Waals surface area contributed by atoms with Crippen LogP contribution in [0.1, 0.15) is 30.0 Å². The maximum atomic E-state index is 11.8. The molecule has 2 nitrogen and oxygen atoms in total. The minimum Gasteiger partial charge on any atom is -1.00 e. The first-order valence-corrected chi connectivity index (χ1v) is 5.44. The van der Waals surface area contributed by atoms with Crippen LogP contribution in [0.15, 0.2) is 60.7 Å². The smallest absolute Gasteiger partial charge is 1.00 e. The summed E-state index contributed by atoms with van der Waals surface area (Å²) in [6.45, 7) is 0. The topological polar surface area (TPSA) is 34.1 Å². The van der Waals surface area contributed by atoms with Gasteiger partial charge in [-0.3, -0.25) is 9.59 Å². The normalized spacial score (nSPS) is 9.33. The summed E-state index contributed by atoms with van der Waals surface area (Å²) in [5, 5.41) is 0. The van der Waals surface area contributed by atoms with Crippen molar-refractivity contribution in [3.8, 4) is 0 Å². The number of benzene rings is 2. The van der Waals surface area contributed by atoms with Crippen LogP contribution in [-0.4, -0.2) is 34.6 Å². The molecule has 3 heteroatoms. The maximum absolute atomic E-state index is 11.8. The molecule has 0 radical (unpaired) electrons. The Labute approximate surface area is 125 Å². The van der Waals surface area contributed by atoms with Gasteiger partial charge in [0.05, 0.1) is 6.42 Å². The second-order valence-corrected chi connectivity index (χ2v) is 3.76. The van der Waals surface area contributed by atoms with E-state index in [4.69, 9.17) is 0 Å². The van der Waals surface area contributed by atoms with Gasteiger partial charge in [-0.1, -0.05) is 60.7 Å². The third-order valence-corrected chi connectivity index (χ3v) is 2.51. The van der Waals surface area contributed by atoms with Crippen molar-refractivity contribution in [3.05, 3.63) is 71.8 Å². The number of carbonyl (C=O) groups is 2. The molecule has 0 spiro atoms. The van der Waals surface area contributed by atoms with Crippen LogP contribution < -0.4 is 0 Å². The van der Waals surface area contributed by atoms with Gasteiger partial charge in [-0.25, -0.2) is 0 Å². The molecule has 18 heavy (non-hydrogen) atoms. The molecule has 0 saturated carbocycles. The van der Waals surface area contributed by atoms with E-state index in [1.807, 2.05) is 12.1 Å². The molecule has 0 aliphatic rings. The maximum Gasteiger partial charge on any atom is 2.00 e. The van der Waals surface area contributed by atoms with E-state index in [0.717, 1.165) is 0 Å². The van der Waals surface area contributed by atoms with E-state index < -0.39 is 0 Å². The van der Waals surface area contributed by atoms with Crippen LogP contribution in [0.2, 0.25) is 0 Å². The zero-order valence-electron chi connectivity index (χ0n) is 12.0. The first-order valence-electron chi connectivity index (χ1n) is 5.44. The fourth-order valence-corrected chi connectivity index (χ4v) is 1.60. The molecule has 0 N–H and O–H groups in total. The van der Waals surface area contributed by atoms with E-state index in [-0.39, 0.29) is 43.9 Å². The average Bonchev–Trinajstić information content (AvgIpc) is 2.40. The third-order valence-electron chi connectivity index (χ3n) is 2.51. The first-order chi connectivity index (χ1) is 8.27. The van der Waals surface area contributed by atoms with Crippen LogP contribution in [-0.2, 0) is 0 Å². The summed E-state index contributed by atoms with van der Waals surface area (Å²) in [5.74, 6) is -0.279. The van der Waals surface area contributed by atoms with Gasteiger partial charge in [0, 0.05) is 11.1 Å². The number of Topliss-reactive ketones (excluding diaryl/α,β-unsaturated/α-hetero) is 2. The van der Waals surface area contributed by atoms with Gasteiger partial charge in [0.25, 0.3) is 0 Å². The molecule has 88 valence electrons. The summed E-state index contributed by atoms with van der Waals surface area (Å²) in [7, 11) is 0. The van der Waals surface area contributed by atoms with Gasteiger partial charge in [0.15, 0.2) is 11.6 Å². The molecule has 2 aromatic rings. The van der Waals surface area contributed by atoms with Gasteiger partial charge in [-0.05, 0) is 0 Å². The summed E-state index contributed by atoms with van der Waals surface area (Å²) in [4.78, 5) is 23.6. The SMILES string of the molecule is O=C(CC(=O)c1ccccc1)c1ccccc1.[H-].[H-].[Mg+2]. The minimum atomic E-state index is -0.139. The van der Waals surface area contributed by atoms with Crippen LogP contribution in [0.5, 0.6) is 0 Å². The molecule has 0 saturated heterocycles. The standard InChI is InChI=1S/C15H12O2.Mg.2H/c16-14(12-7-3-1-4-8-12)11-15(17)13-9-5-2-6-10-13;;;/h1-10H,11H2;;;/q;+2;2*-1. The number of hydrogen-bond acceptors (Lipinski definition) is 2. The molecule has 0 unspecified atom stereocenters. The number of ketones is 2. The van der Waals surface area contributed by atoms with Gasteiger partial charge < -0.3 is 2.85 Å². The second-order valence-electron chi connectivity index (χ2n) is 3.76.